The number of rotatable bonds is 4. The summed E-state index contributed by atoms with van der Waals surface area (Å²) < 4.78 is 2.65. The molecule has 3 rings (SSSR count). The number of nitrogens with one attached hydrogen (secondary N) is 1. The van der Waals surface area contributed by atoms with Crippen LogP contribution in [-0.2, 0) is 11.8 Å². The second-order valence-corrected chi connectivity index (χ2v) is 9.41. The van der Waals surface area contributed by atoms with Crippen molar-refractivity contribution in [2.45, 2.75) is 25.9 Å². The maximum atomic E-state index is 12.6. The molecule has 5 nitrogen and oxygen atoms in total. The van der Waals surface area contributed by atoms with Gasteiger partial charge < -0.3 is 5.32 Å². The van der Waals surface area contributed by atoms with E-state index in [4.69, 9.17) is 0 Å². The van der Waals surface area contributed by atoms with Gasteiger partial charge >= 0.3 is 0 Å². The minimum absolute atomic E-state index is 0.0618. The van der Waals surface area contributed by atoms with Crippen molar-refractivity contribution in [1.82, 2.24) is 9.55 Å². The molecule has 0 saturated carbocycles. The lowest BCUT2D eigenvalue weighted by molar-refractivity contribution is -0.113. The van der Waals surface area contributed by atoms with E-state index in [9.17, 15) is 9.59 Å². The maximum Gasteiger partial charge on any atom is 0.262 e. The van der Waals surface area contributed by atoms with Crippen LogP contribution in [0.15, 0.2) is 28.2 Å². The first-order chi connectivity index (χ1) is 12.3. The number of anilines is 1. The SMILES string of the molecule is Cc1cc(I)ccc1NC(=O)CSc1nc2sc(C)c(C)c2c(=O)n1C. The van der Waals surface area contributed by atoms with Gasteiger partial charge in [-0.05, 0) is 72.7 Å². The summed E-state index contributed by atoms with van der Waals surface area (Å²) in [6.45, 7) is 5.90. The highest BCUT2D eigenvalue weighted by Gasteiger charge is 2.16. The predicted molar refractivity (Wildman–Crippen MR) is 118 cm³/mol. The van der Waals surface area contributed by atoms with Gasteiger partial charge in [-0.25, -0.2) is 4.98 Å². The van der Waals surface area contributed by atoms with Gasteiger partial charge in [0.15, 0.2) is 5.16 Å². The Morgan fingerprint density at radius 1 is 1.35 bits per heavy atom. The molecule has 2 aromatic heterocycles. The predicted octanol–water partition coefficient (Wildman–Crippen LogP) is 4.26. The number of aryl methyl sites for hydroxylation is 3. The van der Waals surface area contributed by atoms with Crippen LogP contribution in [0, 0.1) is 24.3 Å². The molecule has 26 heavy (non-hydrogen) atoms. The van der Waals surface area contributed by atoms with Crippen LogP contribution in [0.5, 0.6) is 0 Å². The van der Waals surface area contributed by atoms with Crippen LogP contribution in [0.1, 0.15) is 16.0 Å². The fourth-order valence-corrected chi connectivity index (χ4v) is 5.06. The molecular weight excluding hydrogens is 481 g/mol. The van der Waals surface area contributed by atoms with Gasteiger partial charge in [-0.2, -0.15) is 0 Å². The van der Waals surface area contributed by atoms with Gasteiger partial charge in [-0.3, -0.25) is 14.2 Å². The van der Waals surface area contributed by atoms with Crippen LogP contribution in [0.2, 0.25) is 0 Å². The zero-order chi connectivity index (χ0) is 19.0. The highest BCUT2D eigenvalue weighted by Crippen LogP contribution is 2.28. The van der Waals surface area contributed by atoms with Crippen molar-refractivity contribution in [1.29, 1.82) is 0 Å². The lowest BCUT2D eigenvalue weighted by Gasteiger charge is -2.10. The fourth-order valence-electron chi connectivity index (χ4n) is 2.57. The van der Waals surface area contributed by atoms with Crippen LogP contribution in [0.3, 0.4) is 0 Å². The van der Waals surface area contributed by atoms with Crippen molar-refractivity contribution in [3.63, 3.8) is 0 Å². The van der Waals surface area contributed by atoms with Crippen molar-refractivity contribution in [2.75, 3.05) is 11.1 Å². The third-order valence-corrected chi connectivity index (χ3v) is 6.97. The summed E-state index contributed by atoms with van der Waals surface area (Å²) in [4.78, 5) is 31.3. The van der Waals surface area contributed by atoms with E-state index in [-0.39, 0.29) is 17.2 Å². The Hall–Kier alpha value is -1.39. The molecule has 1 aromatic carbocycles. The average molecular weight is 499 g/mol. The van der Waals surface area contributed by atoms with E-state index in [0.717, 1.165) is 30.1 Å². The molecule has 2 heterocycles. The minimum atomic E-state index is -0.118. The summed E-state index contributed by atoms with van der Waals surface area (Å²) in [7, 11) is 1.70. The summed E-state index contributed by atoms with van der Waals surface area (Å²) in [6.07, 6.45) is 0. The van der Waals surface area contributed by atoms with Gasteiger partial charge in [0.05, 0.1) is 11.1 Å². The van der Waals surface area contributed by atoms with E-state index < -0.39 is 0 Å². The van der Waals surface area contributed by atoms with Crippen LogP contribution < -0.4 is 10.9 Å². The standard InChI is InChI=1S/C18H18IN3O2S2/c1-9-7-12(19)5-6-13(9)20-14(23)8-25-18-21-16-15(17(24)22(18)4)10(2)11(3)26-16/h5-7H,8H2,1-4H3,(H,20,23). The van der Waals surface area contributed by atoms with Gasteiger partial charge in [0.2, 0.25) is 5.91 Å². The molecule has 136 valence electrons. The Morgan fingerprint density at radius 2 is 2.08 bits per heavy atom. The number of hydrogen-bond acceptors (Lipinski definition) is 5. The van der Waals surface area contributed by atoms with Gasteiger partial charge in [-0.1, -0.05) is 11.8 Å². The highest BCUT2D eigenvalue weighted by molar-refractivity contribution is 14.1. The monoisotopic (exact) mass is 499 g/mol. The number of benzene rings is 1. The molecule has 0 bridgehead atoms. The fraction of sp³-hybridized carbons (Fsp3) is 0.278. The zero-order valence-corrected chi connectivity index (χ0v) is 18.6. The van der Waals surface area contributed by atoms with Crippen molar-refractivity contribution in [2.24, 2.45) is 7.05 Å². The summed E-state index contributed by atoms with van der Waals surface area (Å²) >= 11 is 5.03. The molecule has 0 fully saturated rings. The number of carbonyl (C=O) groups excluding carboxylic acids is 1. The van der Waals surface area contributed by atoms with Crippen molar-refractivity contribution >= 4 is 67.5 Å². The summed E-state index contributed by atoms with van der Waals surface area (Å²) in [5.41, 5.74) is 2.75. The van der Waals surface area contributed by atoms with Gasteiger partial charge in [0.1, 0.15) is 4.83 Å². The van der Waals surface area contributed by atoms with E-state index in [0.29, 0.717) is 10.5 Å². The minimum Gasteiger partial charge on any atom is -0.325 e. The molecule has 1 amide bonds. The third kappa shape index (κ3) is 3.81. The first-order valence-corrected chi connectivity index (χ1v) is 10.8. The second kappa shape index (κ2) is 7.69. The first kappa shape index (κ1) is 19.4. The normalized spacial score (nSPS) is 11.1. The molecule has 0 saturated heterocycles. The Balaban J connectivity index is 1.78. The van der Waals surface area contributed by atoms with Crippen molar-refractivity contribution in [3.8, 4) is 0 Å². The van der Waals surface area contributed by atoms with Crippen molar-refractivity contribution in [3.05, 3.63) is 48.1 Å². The Morgan fingerprint density at radius 3 is 2.77 bits per heavy atom. The first-order valence-electron chi connectivity index (χ1n) is 7.93. The molecule has 1 N–H and O–H groups in total. The third-order valence-electron chi connectivity index (χ3n) is 4.16. The van der Waals surface area contributed by atoms with Gasteiger partial charge in [-0.15, -0.1) is 11.3 Å². The Kier molecular flexibility index (Phi) is 5.73. The topological polar surface area (TPSA) is 64.0 Å². The molecule has 0 aliphatic carbocycles. The maximum absolute atomic E-state index is 12.6. The number of amides is 1. The van der Waals surface area contributed by atoms with Crippen LogP contribution in [-0.4, -0.2) is 21.2 Å². The Labute approximate surface area is 173 Å². The van der Waals surface area contributed by atoms with Crippen molar-refractivity contribution < 1.29 is 4.79 Å². The molecule has 0 aliphatic heterocycles. The van der Waals surface area contributed by atoms with E-state index in [1.807, 2.05) is 39.0 Å². The Bertz CT molecular complexity index is 1070. The van der Waals surface area contributed by atoms with E-state index >= 15 is 0 Å². The van der Waals surface area contributed by atoms with Gasteiger partial charge in [0, 0.05) is 21.2 Å². The smallest absolute Gasteiger partial charge is 0.262 e. The molecule has 0 radical (unpaired) electrons. The quantitative estimate of drug-likeness (QED) is 0.331. The average Bonchev–Trinajstić information content (AvgIpc) is 2.86. The number of hydrogen-bond donors (Lipinski definition) is 1. The second-order valence-electron chi connectivity index (χ2n) is 6.02. The van der Waals surface area contributed by atoms with Crippen LogP contribution in [0.4, 0.5) is 5.69 Å². The highest BCUT2D eigenvalue weighted by atomic mass is 127. The molecule has 0 unspecified atom stereocenters. The molecule has 8 heteroatoms. The number of fused-ring (bicyclic) bond motifs is 1. The number of nitrogens with zero attached hydrogens (tertiary/aromatic N) is 2. The lowest BCUT2D eigenvalue weighted by Crippen LogP contribution is -2.21. The number of thioether (sulfide) groups is 1. The summed E-state index contributed by atoms with van der Waals surface area (Å²) in [5, 5.41) is 4.15. The number of thiophene rings is 1. The van der Waals surface area contributed by atoms with E-state index in [1.54, 1.807) is 7.05 Å². The van der Waals surface area contributed by atoms with E-state index in [1.165, 1.54) is 27.7 Å². The van der Waals surface area contributed by atoms with Crippen LogP contribution >= 0.6 is 45.7 Å². The lowest BCUT2D eigenvalue weighted by atomic mass is 10.2. The molecule has 0 aliphatic rings. The summed E-state index contributed by atoms with van der Waals surface area (Å²) in [5.74, 6) is 0.0767. The largest absolute Gasteiger partial charge is 0.325 e. The number of halogens is 1. The molecule has 0 atom stereocenters. The zero-order valence-electron chi connectivity index (χ0n) is 14.8. The molecule has 0 spiro atoms. The number of aromatic nitrogens is 2. The van der Waals surface area contributed by atoms with Gasteiger partial charge in [0.25, 0.3) is 5.56 Å². The number of carbonyl (C=O) groups is 1. The summed E-state index contributed by atoms with van der Waals surface area (Å²) in [6, 6.07) is 5.87. The molecule has 3 aromatic rings. The molecular formula is C18H18IN3O2S2. The van der Waals surface area contributed by atoms with Crippen LogP contribution in [0.25, 0.3) is 10.2 Å². The van der Waals surface area contributed by atoms with E-state index in [2.05, 4.69) is 32.9 Å².